The van der Waals surface area contributed by atoms with E-state index >= 15 is 0 Å². The number of aliphatic hydroxyl groups is 1. The fraction of sp³-hybridized carbons (Fsp3) is 0.909. The van der Waals surface area contributed by atoms with E-state index in [-0.39, 0.29) is 5.91 Å². The van der Waals surface area contributed by atoms with Gasteiger partial charge in [0.2, 0.25) is 5.91 Å². The van der Waals surface area contributed by atoms with Crippen LogP contribution in [-0.2, 0) is 4.79 Å². The SMILES string of the molecule is CCC(C)(O)CNC(=O)CCNC(C)C. The van der Waals surface area contributed by atoms with Gasteiger partial charge in [0.25, 0.3) is 0 Å². The van der Waals surface area contributed by atoms with E-state index in [0.717, 1.165) is 0 Å². The van der Waals surface area contributed by atoms with E-state index in [1.165, 1.54) is 0 Å². The lowest BCUT2D eigenvalue weighted by Crippen LogP contribution is -2.41. The van der Waals surface area contributed by atoms with Gasteiger partial charge in [-0.15, -0.1) is 0 Å². The predicted molar refractivity (Wildman–Crippen MR) is 61.7 cm³/mol. The van der Waals surface area contributed by atoms with Gasteiger partial charge in [0.05, 0.1) is 5.60 Å². The van der Waals surface area contributed by atoms with E-state index in [9.17, 15) is 9.90 Å². The van der Waals surface area contributed by atoms with Crippen molar-refractivity contribution in [2.75, 3.05) is 13.1 Å². The second-order valence-electron chi connectivity index (χ2n) is 4.49. The Morgan fingerprint density at radius 3 is 2.53 bits per heavy atom. The van der Waals surface area contributed by atoms with Crippen LogP contribution in [0.3, 0.4) is 0 Å². The summed E-state index contributed by atoms with van der Waals surface area (Å²) in [6.45, 7) is 8.70. The van der Waals surface area contributed by atoms with Crippen LogP contribution in [-0.4, -0.2) is 35.7 Å². The summed E-state index contributed by atoms with van der Waals surface area (Å²) >= 11 is 0. The van der Waals surface area contributed by atoms with Crippen LogP contribution >= 0.6 is 0 Å². The third-order valence-electron chi connectivity index (χ3n) is 2.33. The second-order valence-corrected chi connectivity index (χ2v) is 4.49. The Morgan fingerprint density at radius 2 is 2.07 bits per heavy atom. The molecule has 0 aromatic rings. The first-order valence-electron chi connectivity index (χ1n) is 5.60. The van der Waals surface area contributed by atoms with E-state index < -0.39 is 5.60 Å². The molecular formula is C11H24N2O2. The molecule has 0 aromatic heterocycles. The molecule has 3 N–H and O–H groups in total. The van der Waals surface area contributed by atoms with Gasteiger partial charge >= 0.3 is 0 Å². The van der Waals surface area contributed by atoms with E-state index in [4.69, 9.17) is 0 Å². The Kier molecular flexibility index (Phi) is 6.52. The van der Waals surface area contributed by atoms with E-state index in [1.807, 2.05) is 20.8 Å². The van der Waals surface area contributed by atoms with Crippen molar-refractivity contribution in [2.45, 2.75) is 52.2 Å². The van der Waals surface area contributed by atoms with Gasteiger partial charge < -0.3 is 15.7 Å². The molecule has 0 bridgehead atoms. The zero-order valence-corrected chi connectivity index (χ0v) is 10.3. The first-order chi connectivity index (χ1) is 6.87. The van der Waals surface area contributed by atoms with E-state index in [1.54, 1.807) is 6.92 Å². The van der Waals surface area contributed by atoms with Crippen LogP contribution in [0.25, 0.3) is 0 Å². The molecule has 0 spiro atoms. The molecule has 1 amide bonds. The van der Waals surface area contributed by atoms with Gasteiger partial charge in [-0.2, -0.15) is 0 Å². The van der Waals surface area contributed by atoms with E-state index in [0.29, 0.717) is 32.0 Å². The molecular weight excluding hydrogens is 192 g/mol. The van der Waals surface area contributed by atoms with Crippen molar-refractivity contribution in [3.63, 3.8) is 0 Å². The Balaban J connectivity index is 3.58. The highest BCUT2D eigenvalue weighted by atomic mass is 16.3. The highest BCUT2D eigenvalue weighted by Crippen LogP contribution is 2.05. The van der Waals surface area contributed by atoms with Crippen molar-refractivity contribution in [1.29, 1.82) is 0 Å². The van der Waals surface area contributed by atoms with Crippen LogP contribution < -0.4 is 10.6 Å². The molecule has 1 unspecified atom stereocenters. The van der Waals surface area contributed by atoms with Gasteiger partial charge in [-0.3, -0.25) is 4.79 Å². The molecule has 15 heavy (non-hydrogen) atoms. The van der Waals surface area contributed by atoms with Crippen molar-refractivity contribution in [1.82, 2.24) is 10.6 Å². The Labute approximate surface area is 92.4 Å². The average Bonchev–Trinajstić information content (AvgIpc) is 2.14. The summed E-state index contributed by atoms with van der Waals surface area (Å²) < 4.78 is 0. The van der Waals surface area contributed by atoms with Crippen LogP contribution in [0.4, 0.5) is 0 Å². The fourth-order valence-corrected chi connectivity index (χ4v) is 0.977. The topological polar surface area (TPSA) is 61.4 Å². The summed E-state index contributed by atoms with van der Waals surface area (Å²) in [6.07, 6.45) is 1.09. The monoisotopic (exact) mass is 216 g/mol. The Morgan fingerprint density at radius 1 is 1.47 bits per heavy atom. The molecule has 0 heterocycles. The molecule has 0 saturated heterocycles. The zero-order chi connectivity index (χ0) is 11.9. The minimum atomic E-state index is -0.791. The molecule has 4 heteroatoms. The highest BCUT2D eigenvalue weighted by Gasteiger charge is 2.17. The minimum Gasteiger partial charge on any atom is -0.388 e. The normalized spacial score (nSPS) is 15.1. The van der Waals surface area contributed by atoms with Crippen LogP contribution in [0.15, 0.2) is 0 Å². The van der Waals surface area contributed by atoms with Gasteiger partial charge in [0.1, 0.15) is 0 Å². The maximum Gasteiger partial charge on any atom is 0.221 e. The van der Waals surface area contributed by atoms with Crippen molar-refractivity contribution in [3.05, 3.63) is 0 Å². The Bertz CT molecular complexity index is 191. The van der Waals surface area contributed by atoms with Crippen LogP contribution in [0.1, 0.15) is 40.5 Å². The number of hydrogen-bond donors (Lipinski definition) is 3. The summed E-state index contributed by atoms with van der Waals surface area (Å²) in [7, 11) is 0. The smallest absolute Gasteiger partial charge is 0.221 e. The predicted octanol–water partition coefficient (Wildman–Crippen LogP) is 0.652. The van der Waals surface area contributed by atoms with E-state index in [2.05, 4.69) is 10.6 Å². The maximum absolute atomic E-state index is 11.3. The number of nitrogens with one attached hydrogen (secondary N) is 2. The molecule has 4 nitrogen and oxygen atoms in total. The number of carbonyl (C=O) groups is 1. The van der Waals surface area contributed by atoms with Crippen LogP contribution in [0, 0.1) is 0 Å². The van der Waals surface area contributed by atoms with Gasteiger partial charge in [-0.05, 0) is 13.3 Å². The average molecular weight is 216 g/mol. The van der Waals surface area contributed by atoms with Gasteiger partial charge in [0.15, 0.2) is 0 Å². The Hall–Kier alpha value is -0.610. The summed E-state index contributed by atoms with van der Waals surface area (Å²) in [4.78, 5) is 11.3. The first kappa shape index (κ1) is 14.4. The lowest BCUT2D eigenvalue weighted by Gasteiger charge is -2.21. The van der Waals surface area contributed by atoms with Crippen molar-refractivity contribution >= 4 is 5.91 Å². The number of amides is 1. The molecule has 0 rings (SSSR count). The fourth-order valence-electron chi connectivity index (χ4n) is 0.977. The van der Waals surface area contributed by atoms with Crippen molar-refractivity contribution < 1.29 is 9.90 Å². The molecule has 0 aliphatic heterocycles. The number of hydrogen-bond acceptors (Lipinski definition) is 3. The first-order valence-corrected chi connectivity index (χ1v) is 5.60. The zero-order valence-electron chi connectivity index (χ0n) is 10.3. The minimum absolute atomic E-state index is 0.0168. The standard InChI is InChI=1S/C11H24N2O2/c1-5-11(4,15)8-13-10(14)6-7-12-9(2)3/h9,12,15H,5-8H2,1-4H3,(H,13,14). The highest BCUT2D eigenvalue weighted by molar-refractivity contribution is 5.76. The molecule has 0 saturated carbocycles. The summed E-state index contributed by atoms with van der Waals surface area (Å²) in [5, 5.41) is 15.5. The molecule has 0 aliphatic carbocycles. The lowest BCUT2D eigenvalue weighted by atomic mass is 10.0. The lowest BCUT2D eigenvalue weighted by molar-refractivity contribution is -0.122. The third-order valence-corrected chi connectivity index (χ3v) is 2.33. The van der Waals surface area contributed by atoms with Crippen molar-refractivity contribution in [3.8, 4) is 0 Å². The van der Waals surface area contributed by atoms with Crippen molar-refractivity contribution in [2.24, 2.45) is 0 Å². The summed E-state index contributed by atoms with van der Waals surface area (Å²) in [5.41, 5.74) is -0.791. The molecule has 1 atom stereocenters. The van der Waals surface area contributed by atoms with Crippen LogP contribution in [0.5, 0.6) is 0 Å². The third kappa shape index (κ3) is 8.39. The number of carbonyl (C=O) groups excluding carboxylic acids is 1. The molecule has 0 fully saturated rings. The second kappa shape index (κ2) is 6.80. The summed E-state index contributed by atoms with van der Waals surface area (Å²) in [6, 6.07) is 0.400. The molecule has 0 aromatic carbocycles. The van der Waals surface area contributed by atoms with Crippen LogP contribution in [0.2, 0.25) is 0 Å². The maximum atomic E-state index is 11.3. The number of rotatable bonds is 7. The van der Waals surface area contributed by atoms with Gasteiger partial charge in [0, 0.05) is 25.6 Å². The van der Waals surface area contributed by atoms with Gasteiger partial charge in [-0.1, -0.05) is 20.8 Å². The largest absolute Gasteiger partial charge is 0.388 e. The molecule has 0 radical (unpaired) electrons. The van der Waals surface area contributed by atoms with Gasteiger partial charge in [-0.25, -0.2) is 0 Å². The quantitative estimate of drug-likeness (QED) is 0.585. The molecule has 0 aliphatic rings. The summed E-state index contributed by atoms with van der Waals surface area (Å²) in [5.74, 6) is -0.0168. The molecule has 90 valence electrons.